The lowest BCUT2D eigenvalue weighted by atomic mass is 9.91. The number of nitrogens with one attached hydrogen (secondary N) is 2. The van der Waals surface area contributed by atoms with Crippen LogP contribution in [0.15, 0.2) is 22.4 Å². The smallest absolute Gasteiger partial charge is 0.329 e. The van der Waals surface area contributed by atoms with Crippen LogP contribution in [0.3, 0.4) is 0 Å². The fraction of sp³-hybridized carbons (Fsp3) is 0.577. The van der Waals surface area contributed by atoms with E-state index >= 15 is 0 Å². The van der Waals surface area contributed by atoms with E-state index in [4.69, 9.17) is 4.74 Å². The molecule has 2 fully saturated rings. The van der Waals surface area contributed by atoms with Crippen LogP contribution in [0.25, 0.3) is 0 Å². The summed E-state index contributed by atoms with van der Waals surface area (Å²) in [5, 5.41) is 3.26. The van der Waals surface area contributed by atoms with Gasteiger partial charge < -0.3 is 10.1 Å². The fourth-order valence-electron chi connectivity index (χ4n) is 5.62. The second kappa shape index (κ2) is 9.25. The summed E-state index contributed by atoms with van der Waals surface area (Å²) in [4.78, 5) is 17.0. The van der Waals surface area contributed by atoms with Crippen molar-refractivity contribution in [2.45, 2.75) is 62.1 Å². The Balaban J connectivity index is 1.09. The summed E-state index contributed by atoms with van der Waals surface area (Å²) < 4.78 is 9.57. The van der Waals surface area contributed by atoms with Crippen molar-refractivity contribution in [1.82, 2.24) is 9.62 Å². The van der Waals surface area contributed by atoms with Crippen LogP contribution in [0.2, 0.25) is 0 Å². The summed E-state index contributed by atoms with van der Waals surface area (Å²) >= 11 is 3.29. The van der Waals surface area contributed by atoms with Gasteiger partial charge in [-0.25, -0.2) is 4.79 Å². The normalized spacial score (nSPS) is 21.2. The molecule has 2 aromatic rings. The highest BCUT2D eigenvalue weighted by molar-refractivity contribution is 7.99. The minimum absolute atomic E-state index is 0.109. The first-order valence-electron chi connectivity index (χ1n) is 12.4. The zero-order valence-corrected chi connectivity index (χ0v) is 21.0. The van der Waals surface area contributed by atoms with Crippen molar-refractivity contribution >= 4 is 35.0 Å². The first kappa shape index (κ1) is 22.0. The molecule has 1 saturated heterocycles. The van der Waals surface area contributed by atoms with Gasteiger partial charge in [-0.15, -0.1) is 11.3 Å². The Bertz CT molecular complexity index is 1040. The Kier molecular flexibility index (Phi) is 6.15. The van der Waals surface area contributed by atoms with Crippen LogP contribution in [0.4, 0.5) is 10.5 Å². The number of benzene rings is 1. The summed E-state index contributed by atoms with van der Waals surface area (Å²) in [5.41, 5.74) is 6.61. The maximum atomic E-state index is 12.9. The van der Waals surface area contributed by atoms with E-state index < -0.39 is 0 Å². The van der Waals surface area contributed by atoms with Gasteiger partial charge >= 0.3 is 6.03 Å². The molecule has 4 aliphatic rings. The van der Waals surface area contributed by atoms with Crippen LogP contribution in [-0.4, -0.2) is 37.2 Å². The molecule has 5 nitrogen and oxygen atoms in total. The number of amides is 2. The number of hydrogen-bond donors (Lipinski definition) is 2. The van der Waals surface area contributed by atoms with Crippen molar-refractivity contribution in [2.24, 2.45) is 11.8 Å². The van der Waals surface area contributed by atoms with Crippen LogP contribution in [0.1, 0.15) is 59.2 Å². The van der Waals surface area contributed by atoms with E-state index in [0.29, 0.717) is 11.8 Å². The van der Waals surface area contributed by atoms with Gasteiger partial charge in [0.2, 0.25) is 0 Å². The van der Waals surface area contributed by atoms with E-state index in [-0.39, 0.29) is 6.03 Å². The second-order valence-electron chi connectivity index (χ2n) is 10.2. The molecular formula is C26H33N3O2S2. The van der Waals surface area contributed by atoms with Crippen molar-refractivity contribution in [3.05, 3.63) is 45.3 Å². The van der Waals surface area contributed by atoms with E-state index in [1.54, 1.807) is 0 Å². The quantitative estimate of drug-likeness (QED) is 0.505. The molecule has 0 radical (unpaired) electrons. The first-order valence-corrected chi connectivity index (χ1v) is 14.1. The number of carbonyl (C=O) groups is 1. The maximum Gasteiger partial charge on any atom is 0.329 e. The van der Waals surface area contributed by atoms with Gasteiger partial charge in [0.1, 0.15) is 0 Å². The van der Waals surface area contributed by atoms with Crippen LogP contribution in [0.5, 0.6) is 0 Å². The van der Waals surface area contributed by atoms with Crippen molar-refractivity contribution in [3.63, 3.8) is 0 Å². The standard InChI is InChI=1S/C26H33N3O2S2/c1-16(18-5-6-18)21-8-7-19-3-2-4-22(19)25(21)27-26(30)28-33-24-11-20-13-29(10-9-23(20)32-24)12-17-14-31-15-17/h7-8,11,16-18H,2-6,9-10,12-15H2,1H3,(H2,27,28,30). The number of rotatable bonds is 7. The SMILES string of the molecule is CC(c1ccc2c(c1NC(=O)NSc1cc3c(s1)CCN(CC1COC1)C3)CCC2)C1CC1. The van der Waals surface area contributed by atoms with E-state index in [0.717, 1.165) is 63.7 Å². The summed E-state index contributed by atoms with van der Waals surface area (Å²) in [7, 11) is 0. The second-order valence-corrected chi connectivity index (χ2v) is 12.5. The minimum Gasteiger partial charge on any atom is -0.381 e. The molecule has 6 rings (SSSR count). The monoisotopic (exact) mass is 483 g/mol. The summed E-state index contributed by atoms with van der Waals surface area (Å²) in [6.07, 6.45) is 7.13. The van der Waals surface area contributed by atoms with E-state index in [1.165, 1.54) is 62.6 Å². The van der Waals surface area contributed by atoms with Crippen LogP contribution in [0, 0.1) is 11.8 Å². The summed E-state index contributed by atoms with van der Waals surface area (Å²) in [6.45, 7) is 7.44. The summed E-state index contributed by atoms with van der Waals surface area (Å²) in [6, 6.07) is 6.73. The number of thiophene rings is 1. The Labute approximate surface area is 204 Å². The van der Waals surface area contributed by atoms with Crippen LogP contribution < -0.4 is 10.0 Å². The number of nitrogens with zero attached hydrogens (tertiary/aromatic N) is 1. The molecule has 2 aliphatic carbocycles. The van der Waals surface area contributed by atoms with E-state index in [2.05, 4.69) is 40.1 Å². The molecule has 1 atom stereocenters. The van der Waals surface area contributed by atoms with Gasteiger partial charge in [0.05, 0.1) is 17.4 Å². The average Bonchev–Trinajstić information content (AvgIpc) is 3.38. The Morgan fingerprint density at radius 1 is 1.24 bits per heavy atom. The van der Waals surface area contributed by atoms with Gasteiger partial charge in [-0.3, -0.25) is 9.62 Å². The highest BCUT2D eigenvalue weighted by Gasteiger charge is 2.32. The van der Waals surface area contributed by atoms with Gasteiger partial charge in [0, 0.05) is 36.1 Å². The topological polar surface area (TPSA) is 53.6 Å². The van der Waals surface area contributed by atoms with Gasteiger partial charge in [-0.05, 0) is 90.6 Å². The van der Waals surface area contributed by atoms with Crippen molar-refractivity contribution in [2.75, 3.05) is 31.6 Å². The molecule has 33 heavy (non-hydrogen) atoms. The molecular weight excluding hydrogens is 450 g/mol. The Morgan fingerprint density at radius 2 is 2.12 bits per heavy atom. The molecule has 2 N–H and O–H groups in total. The molecule has 1 saturated carbocycles. The number of fused-ring (bicyclic) bond motifs is 2. The predicted octanol–water partition coefficient (Wildman–Crippen LogP) is 5.58. The largest absolute Gasteiger partial charge is 0.381 e. The molecule has 7 heteroatoms. The highest BCUT2D eigenvalue weighted by atomic mass is 32.2. The van der Waals surface area contributed by atoms with Gasteiger partial charge in [0.25, 0.3) is 0 Å². The number of hydrogen-bond acceptors (Lipinski definition) is 5. The number of carbonyl (C=O) groups excluding carboxylic acids is 1. The zero-order valence-electron chi connectivity index (χ0n) is 19.3. The van der Waals surface area contributed by atoms with Crippen molar-refractivity contribution in [3.8, 4) is 0 Å². The van der Waals surface area contributed by atoms with Gasteiger partial charge in [-0.2, -0.15) is 0 Å². The molecule has 1 unspecified atom stereocenters. The first-order chi connectivity index (χ1) is 16.1. The van der Waals surface area contributed by atoms with E-state index in [1.807, 2.05) is 11.3 Å². The number of anilines is 1. The predicted molar refractivity (Wildman–Crippen MR) is 135 cm³/mol. The summed E-state index contributed by atoms with van der Waals surface area (Å²) in [5.74, 6) is 1.99. The third kappa shape index (κ3) is 4.70. The van der Waals surface area contributed by atoms with Gasteiger partial charge in [0.15, 0.2) is 0 Å². The molecule has 1 aromatic heterocycles. The Hall–Kier alpha value is -1.54. The molecule has 1 aromatic carbocycles. The maximum absolute atomic E-state index is 12.9. The molecule has 0 spiro atoms. The van der Waals surface area contributed by atoms with Crippen molar-refractivity contribution < 1.29 is 9.53 Å². The molecule has 2 aliphatic heterocycles. The number of aryl methyl sites for hydroxylation is 1. The molecule has 176 valence electrons. The average molecular weight is 484 g/mol. The minimum atomic E-state index is -0.109. The van der Waals surface area contributed by atoms with Crippen molar-refractivity contribution in [1.29, 1.82) is 0 Å². The molecule has 0 bridgehead atoms. The van der Waals surface area contributed by atoms with Gasteiger partial charge in [-0.1, -0.05) is 19.1 Å². The molecule has 2 amide bonds. The third-order valence-electron chi connectivity index (χ3n) is 7.76. The fourth-order valence-corrected chi connectivity index (χ4v) is 7.55. The van der Waals surface area contributed by atoms with E-state index in [9.17, 15) is 4.79 Å². The number of ether oxygens (including phenoxy) is 1. The molecule has 3 heterocycles. The third-order valence-corrected chi connectivity index (χ3v) is 9.90. The lowest BCUT2D eigenvalue weighted by Crippen LogP contribution is -2.41. The zero-order chi connectivity index (χ0) is 22.4. The lowest BCUT2D eigenvalue weighted by Gasteiger charge is -2.34. The van der Waals surface area contributed by atoms with Crippen LogP contribution in [-0.2, 0) is 30.5 Å². The lowest BCUT2D eigenvalue weighted by molar-refractivity contribution is -0.0479. The highest BCUT2D eigenvalue weighted by Crippen LogP contribution is 2.46. The Morgan fingerprint density at radius 3 is 2.91 bits per heavy atom. The number of urea groups is 1. The van der Waals surface area contributed by atoms with Crippen LogP contribution >= 0.6 is 23.3 Å².